The zero-order valence-electron chi connectivity index (χ0n) is 11.9. The highest BCUT2D eigenvalue weighted by atomic mass is 32.2. The molecule has 1 aliphatic heterocycles. The maximum Gasteiger partial charge on any atom is 0.244 e. The fourth-order valence-corrected chi connectivity index (χ4v) is 3.80. The molecule has 1 aliphatic rings. The van der Waals surface area contributed by atoms with E-state index in [9.17, 15) is 8.42 Å². The van der Waals surface area contributed by atoms with E-state index in [0.717, 1.165) is 18.5 Å². The van der Waals surface area contributed by atoms with E-state index in [2.05, 4.69) is 24.1 Å². The van der Waals surface area contributed by atoms with Gasteiger partial charge in [0.2, 0.25) is 10.0 Å². The van der Waals surface area contributed by atoms with Crippen molar-refractivity contribution in [3.8, 4) is 0 Å². The molecule has 1 fully saturated rings. The van der Waals surface area contributed by atoms with Crippen LogP contribution in [0.4, 0.5) is 0 Å². The Morgan fingerprint density at radius 2 is 2.00 bits per heavy atom. The molecule has 2 N–H and O–H groups in total. The topological polar surface area (TPSA) is 65.2 Å². The van der Waals surface area contributed by atoms with Gasteiger partial charge in [0.05, 0.1) is 4.90 Å². The van der Waals surface area contributed by atoms with Crippen molar-refractivity contribution >= 4 is 10.0 Å². The standard InChI is InChI=1S/C13H23N3O2S/c1-13(2)4-6-16(7-5-13)19(17,18)12-8-11(9-14-3)15-10-12/h8,10,14-15H,4-7,9H2,1-3H3. The molecule has 6 heteroatoms. The van der Waals surface area contributed by atoms with Gasteiger partial charge in [0.15, 0.2) is 0 Å². The number of aromatic nitrogens is 1. The molecule has 0 aliphatic carbocycles. The minimum atomic E-state index is -3.34. The van der Waals surface area contributed by atoms with Crippen LogP contribution in [-0.4, -0.2) is 37.8 Å². The van der Waals surface area contributed by atoms with Gasteiger partial charge in [0.1, 0.15) is 0 Å². The first-order valence-electron chi connectivity index (χ1n) is 6.67. The summed E-state index contributed by atoms with van der Waals surface area (Å²) in [4.78, 5) is 3.37. The summed E-state index contributed by atoms with van der Waals surface area (Å²) in [5, 5.41) is 3.00. The smallest absolute Gasteiger partial charge is 0.244 e. The molecule has 2 heterocycles. The summed E-state index contributed by atoms with van der Waals surface area (Å²) >= 11 is 0. The lowest BCUT2D eigenvalue weighted by molar-refractivity contribution is 0.196. The Kier molecular flexibility index (Phi) is 4.03. The summed E-state index contributed by atoms with van der Waals surface area (Å²) in [5.41, 5.74) is 1.14. The third-order valence-corrected chi connectivity index (χ3v) is 5.67. The fourth-order valence-electron chi connectivity index (χ4n) is 2.34. The Morgan fingerprint density at radius 3 is 2.58 bits per heavy atom. The molecule has 5 nitrogen and oxygen atoms in total. The predicted octanol–water partition coefficient (Wildman–Crippen LogP) is 1.54. The van der Waals surface area contributed by atoms with Gasteiger partial charge >= 0.3 is 0 Å². The molecule has 1 saturated heterocycles. The van der Waals surface area contributed by atoms with Gasteiger partial charge in [-0.2, -0.15) is 4.31 Å². The van der Waals surface area contributed by atoms with Gasteiger partial charge in [0, 0.05) is 31.5 Å². The second kappa shape index (κ2) is 5.26. The molecule has 0 aromatic carbocycles. The summed E-state index contributed by atoms with van der Waals surface area (Å²) < 4.78 is 26.6. The zero-order chi connectivity index (χ0) is 14.1. The highest BCUT2D eigenvalue weighted by molar-refractivity contribution is 7.89. The SMILES string of the molecule is CNCc1cc(S(=O)(=O)N2CCC(C)(C)CC2)c[nH]1. The van der Waals surface area contributed by atoms with Crippen LogP contribution in [0.1, 0.15) is 32.4 Å². The van der Waals surface area contributed by atoms with Crippen LogP contribution in [0.2, 0.25) is 0 Å². The molecule has 0 radical (unpaired) electrons. The number of nitrogens with one attached hydrogen (secondary N) is 2. The molecule has 1 aromatic rings. The van der Waals surface area contributed by atoms with Crippen molar-refractivity contribution in [2.24, 2.45) is 5.41 Å². The maximum absolute atomic E-state index is 12.5. The summed E-state index contributed by atoms with van der Waals surface area (Å²) in [6, 6.07) is 1.71. The molecule has 0 atom stereocenters. The van der Waals surface area contributed by atoms with Crippen LogP contribution < -0.4 is 5.32 Å². The van der Waals surface area contributed by atoms with Crippen LogP contribution in [-0.2, 0) is 16.6 Å². The number of hydrogen-bond donors (Lipinski definition) is 2. The van der Waals surface area contributed by atoms with Crippen molar-refractivity contribution in [2.45, 2.75) is 38.1 Å². The lowest BCUT2D eigenvalue weighted by Crippen LogP contribution is -2.40. The number of aromatic amines is 1. The minimum Gasteiger partial charge on any atom is -0.363 e. The van der Waals surface area contributed by atoms with Gasteiger partial charge in [0.25, 0.3) is 0 Å². The molecular formula is C13H23N3O2S. The molecule has 2 rings (SSSR count). The highest BCUT2D eigenvalue weighted by Gasteiger charge is 2.33. The normalized spacial score (nSPS) is 20.6. The van der Waals surface area contributed by atoms with Crippen molar-refractivity contribution in [2.75, 3.05) is 20.1 Å². The van der Waals surface area contributed by atoms with E-state index in [0.29, 0.717) is 24.5 Å². The Bertz CT molecular complexity index is 524. The lowest BCUT2D eigenvalue weighted by atomic mass is 9.83. The van der Waals surface area contributed by atoms with Gasteiger partial charge in [-0.15, -0.1) is 0 Å². The van der Waals surface area contributed by atoms with Crippen molar-refractivity contribution in [1.82, 2.24) is 14.6 Å². The molecule has 19 heavy (non-hydrogen) atoms. The summed E-state index contributed by atoms with van der Waals surface area (Å²) in [6.45, 7) is 6.25. The zero-order valence-corrected chi connectivity index (χ0v) is 12.7. The van der Waals surface area contributed by atoms with Crippen LogP contribution in [0.5, 0.6) is 0 Å². The third-order valence-electron chi connectivity index (χ3n) is 3.80. The molecule has 0 spiro atoms. The van der Waals surface area contributed by atoms with Gasteiger partial charge in [-0.3, -0.25) is 0 Å². The molecular weight excluding hydrogens is 262 g/mol. The maximum atomic E-state index is 12.5. The Morgan fingerprint density at radius 1 is 1.37 bits per heavy atom. The first-order valence-corrected chi connectivity index (χ1v) is 8.11. The Hall–Kier alpha value is -0.850. The number of hydrogen-bond acceptors (Lipinski definition) is 3. The van der Waals surface area contributed by atoms with Crippen molar-refractivity contribution in [3.63, 3.8) is 0 Å². The lowest BCUT2D eigenvalue weighted by Gasteiger charge is -2.35. The summed E-state index contributed by atoms with van der Waals surface area (Å²) in [5.74, 6) is 0. The number of piperidine rings is 1. The Labute approximate surface area is 115 Å². The average Bonchev–Trinajstić information content (AvgIpc) is 2.78. The number of sulfonamides is 1. The van der Waals surface area contributed by atoms with E-state index in [1.807, 2.05) is 7.05 Å². The fraction of sp³-hybridized carbons (Fsp3) is 0.692. The van der Waals surface area contributed by atoms with E-state index in [1.165, 1.54) is 0 Å². The van der Waals surface area contributed by atoms with Crippen LogP contribution >= 0.6 is 0 Å². The predicted molar refractivity (Wildman–Crippen MR) is 75.3 cm³/mol. The number of rotatable bonds is 4. The van der Waals surface area contributed by atoms with E-state index < -0.39 is 10.0 Å². The Balaban J connectivity index is 2.13. The van der Waals surface area contributed by atoms with Gasteiger partial charge in [-0.05, 0) is 31.4 Å². The quantitative estimate of drug-likeness (QED) is 0.882. The minimum absolute atomic E-state index is 0.251. The van der Waals surface area contributed by atoms with E-state index in [-0.39, 0.29) is 5.41 Å². The van der Waals surface area contributed by atoms with Gasteiger partial charge in [-0.25, -0.2) is 8.42 Å². The summed E-state index contributed by atoms with van der Waals surface area (Å²) in [7, 11) is -1.50. The van der Waals surface area contributed by atoms with Crippen molar-refractivity contribution in [3.05, 3.63) is 18.0 Å². The summed E-state index contributed by atoms with van der Waals surface area (Å²) in [6.07, 6.45) is 3.42. The molecule has 0 amide bonds. The number of nitrogens with zero attached hydrogens (tertiary/aromatic N) is 1. The van der Waals surface area contributed by atoms with Crippen LogP contribution in [0.15, 0.2) is 17.2 Å². The van der Waals surface area contributed by atoms with Crippen molar-refractivity contribution in [1.29, 1.82) is 0 Å². The average molecular weight is 285 g/mol. The molecule has 0 bridgehead atoms. The van der Waals surface area contributed by atoms with E-state index >= 15 is 0 Å². The van der Waals surface area contributed by atoms with Crippen LogP contribution in [0.3, 0.4) is 0 Å². The van der Waals surface area contributed by atoms with Gasteiger partial charge in [-0.1, -0.05) is 13.8 Å². The number of H-pyrrole nitrogens is 1. The highest BCUT2D eigenvalue weighted by Crippen LogP contribution is 2.32. The first kappa shape index (κ1) is 14.6. The second-order valence-corrected chi connectivity index (χ2v) is 7.90. The molecule has 0 saturated carbocycles. The molecule has 1 aromatic heterocycles. The van der Waals surface area contributed by atoms with Crippen LogP contribution in [0, 0.1) is 5.41 Å². The van der Waals surface area contributed by atoms with Crippen molar-refractivity contribution < 1.29 is 8.42 Å². The molecule has 108 valence electrons. The van der Waals surface area contributed by atoms with E-state index in [1.54, 1.807) is 16.6 Å². The van der Waals surface area contributed by atoms with E-state index in [4.69, 9.17) is 0 Å². The molecule has 0 unspecified atom stereocenters. The monoisotopic (exact) mass is 285 g/mol. The van der Waals surface area contributed by atoms with Gasteiger partial charge < -0.3 is 10.3 Å². The second-order valence-electron chi connectivity index (χ2n) is 5.96. The largest absolute Gasteiger partial charge is 0.363 e. The van der Waals surface area contributed by atoms with Crippen LogP contribution in [0.25, 0.3) is 0 Å². The third kappa shape index (κ3) is 3.19. The first-order chi connectivity index (χ1) is 8.85.